The number of carbonyl (C=O) groups is 2. The minimum Gasteiger partial charge on any atom is -0.472 e. The molecule has 2 saturated heterocycles. The highest BCUT2D eigenvalue weighted by Gasteiger charge is 2.43. The number of benzene rings is 1. The molecule has 4 rings (SSSR count). The molecule has 1 aromatic heterocycles. The summed E-state index contributed by atoms with van der Waals surface area (Å²) >= 11 is 6.12. The Balaban J connectivity index is 1.23. The first-order chi connectivity index (χ1) is 14.0. The first kappa shape index (κ1) is 20.0. The molecule has 0 unspecified atom stereocenters. The third-order valence-corrected chi connectivity index (χ3v) is 6.27. The Morgan fingerprint density at radius 2 is 1.97 bits per heavy atom. The third-order valence-electron chi connectivity index (χ3n) is 5.90. The summed E-state index contributed by atoms with van der Waals surface area (Å²) in [6, 6.07) is 9.07. The molecular weight excluding hydrogens is 392 g/mol. The number of nitrogens with zero attached hydrogens (tertiary/aromatic N) is 1. The van der Waals surface area contributed by atoms with Gasteiger partial charge in [0.2, 0.25) is 5.91 Å². The molecule has 6 nitrogen and oxygen atoms in total. The van der Waals surface area contributed by atoms with Gasteiger partial charge in [0.05, 0.1) is 30.0 Å². The molecule has 154 valence electrons. The molecule has 1 atom stereocenters. The predicted octanol–water partition coefficient (Wildman–Crippen LogP) is 3.45. The molecule has 1 spiro atoms. The number of furan rings is 1. The van der Waals surface area contributed by atoms with Crippen LogP contribution < -0.4 is 5.32 Å². The van der Waals surface area contributed by atoms with Crippen molar-refractivity contribution in [3.05, 3.63) is 59.0 Å². The number of rotatable bonds is 5. The average Bonchev–Trinajstić information content (AvgIpc) is 3.39. The largest absolute Gasteiger partial charge is 0.472 e. The maximum Gasteiger partial charge on any atom is 0.257 e. The van der Waals surface area contributed by atoms with Crippen LogP contribution in [-0.4, -0.2) is 48.1 Å². The second-order valence-corrected chi connectivity index (χ2v) is 8.25. The van der Waals surface area contributed by atoms with E-state index in [1.54, 1.807) is 12.1 Å². The first-order valence-corrected chi connectivity index (χ1v) is 10.4. The second kappa shape index (κ2) is 8.59. The Bertz CT molecular complexity index is 859. The minimum absolute atomic E-state index is 0.00924. The zero-order valence-corrected chi connectivity index (χ0v) is 17.0. The molecule has 2 aromatic rings. The number of hydrogen-bond acceptors (Lipinski definition) is 4. The summed E-state index contributed by atoms with van der Waals surface area (Å²) in [7, 11) is 0. The summed E-state index contributed by atoms with van der Waals surface area (Å²) in [5.41, 5.74) is 1.24. The fourth-order valence-electron chi connectivity index (χ4n) is 4.20. The zero-order chi connectivity index (χ0) is 20.3. The maximum absolute atomic E-state index is 12.4. The summed E-state index contributed by atoms with van der Waals surface area (Å²) in [6.45, 7) is 1.86. The molecule has 29 heavy (non-hydrogen) atoms. The van der Waals surface area contributed by atoms with E-state index in [0.29, 0.717) is 30.2 Å². The van der Waals surface area contributed by atoms with Crippen molar-refractivity contribution in [2.24, 2.45) is 0 Å². The zero-order valence-electron chi connectivity index (χ0n) is 16.2. The number of halogens is 1. The van der Waals surface area contributed by atoms with E-state index in [-0.39, 0.29) is 29.9 Å². The fraction of sp³-hybridized carbons (Fsp3) is 0.455. The Hall–Kier alpha value is -2.31. The van der Waals surface area contributed by atoms with Crippen LogP contribution in [0.1, 0.15) is 41.6 Å². The van der Waals surface area contributed by atoms with Crippen LogP contribution in [-0.2, 0) is 16.0 Å². The molecule has 2 aliphatic heterocycles. The Kier molecular flexibility index (Phi) is 5.92. The Morgan fingerprint density at radius 1 is 1.17 bits per heavy atom. The van der Waals surface area contributed by atoms with Crippen LogP contribution in [0, 0.1) is 0 Å². The molecular formula is C22H25ClN2O4. The van der Waals surface area contributed by atoms with Crippen LogP contribution in [0.25, 0.3) is 0 Å². The highest BCUT2D eigenvalue weighted by molar-refractivity contribution is 6.31. The van der Waals surface area contributed by atoms with Crippen molar-refractivity contribution in [3.8, 4) is 0 Å². The smallest absolute Gasteiger partial charge is 0.257 e. The third kappa shape index (κ3) is 4.65. The molecule has 2 amide bonds. The van der Waals surface area contributed by atoms with Gasteiger partial charge in [-0.25, -0.2) is 0 Å². The summed E-state index contributed by atoms with van der Waals surface area (Å²) in [6.07, 6.45) is 6.81. The second-order valence-electron chi connectivity index (χ2n) is 7.84. The average molecular weight is 417 g/mol. The van der Waals surface area contributed by atoms with Crippen molar-refractivity contribution in [1.29, 1.82) is 0 Å². The first-order valence-electron chi connectivity index (χ1n) is 10.0. The maximum atomic E-state index is 12.4. The Labute approximate surface area is 175 Å². The van der Waals surface area contributed by atoms with Gasteiger partial charge in [0, 0.05) is 24.7 Å². The summed E-state index contributed by atoms with van der Waals surface area (Å²) in [5, 5.41) is 3.58. The van der Waals surface area contributed by atoms with Gasteiger partial charge in [-0.1, -0.05) is 29.8 Å². The minimum atomic E-state index is -0.175. The number of hydrogen-bond donors (Lipinski definition) is 1. The van der Waals surface area contributed by atoms with Crippen molar-refractivity contribution in [2.45, 2.75) is 43.8 Å². The van der Waals surface area contributed by atoms with E-state index >= 15 is 0 Å². The van der Waals surface area contributed by atoms with Gasteiger partial charge < -0.3 is 19.4 Å². The summed E-state index contributed by atoms with van der Waals surface area (Å²) in [5.74, 6) is -0.0434. The SMILES string of the molecule is O=C(Cc1ccccc1Cl)NC[C@H]1CCC2(CCN(C(=O)c3ccoc3)CC2)O1. The molecule has 2 fully saturated rings. The van der Waals surface area contributed by atoms with Crippen molar-refractivity contribution < 1.29 is 18.7 Å². The van der Waals surface area contributed by atoms with E-state index in [9.17, 15) is 9.59 Å². The number of likely N-dealkylation sites (tertiary alicyclic amines) is 1. The lowest BCUT2D eigenvalue weighted by Crippen LogP contribution is -2.47. The molecule has 1 N–H and O–H groups in total. The normalized spacial score (nSPS) is 20.7. The van der Waals surface area contributed by atoms with Gasteiger partial charge in [-0.2, -0.15) is 0 Å². The molecule has 1 aromatic carbocycles. The van der Waals surface area contributed by atoms with E-state index in [2.05, 4.69) is 5.32 Å². The number of carbonyl (C=O) groups excluding carboxylic acids is 2. The standard InChI is InChI=1S/C22H25ClN2O4/c23-19-4-2-1-3-16(19)13-20(26)24-14-18-5-7-22(29-18)8-10-25(11-9-22)21(27)17-6-12-28-15-17/h1-4,6,12,15,18H,5,7-11,13-14H2,(H,24,26)/t18-/m1/s1. The van der Waals surface area contributed by atoms with E-state index in [1.807, 2.05) is 23.1 Å². The van der Waals surface area contributed by atoms with Crippen LogP contribution in [0.15, 0.2) is 47.3 Å². The lowest BCUT2D eigenvalue weighted by atomic mass is 9.88. The highest BCUT2D eigenvalue weighted by Crippen LogP contribution is 2.39. The van der Waals surface area contributed by atoms with Gasteiger partial charge in [0.15, 0.2) is 0 Å². The van der Waals surface area contributed by atoms with Gasteiger partial charge in [0.1, 0.15) is 6.26 Å². The number of amides is 2. The van der Waals surface area contributed by atoms with Crippen LogP contribution in [0.3, 0.4) is 0 Å². The molecule has 0 aliphatic carbocycles. The molecule has 0 saturated carbocycles. The fourth-order valence-corrected chi connectivity index (χ4v) is 4.40. The van der Waals surface area contributed by atoms with Crippen LogP contribution in [0.2, 0.25) is 5.02 Å². The molecule has 0 radical (unpaired) electrons. The molecule has 0 bridgehead atoms. The van der Waals surface area contributed by atoms with E-state index in [1.165, 1.54) is 12.5 Å². The summed E-state index contributed by atoms with van der Waals surface area (Å²) < 4.78 is 11.3. The Morgan fingerprint density at radius 3 is 2.69 bits per heavy atom. The monoisotopic (exact) mass is 416 g/mol. The molecule has 7 heteroatoms. The van der Waals surface area contributed by atoms with Crippen molar-refractivity contribution in [3.63, 3.8) is 0 Å². The predicted molar refractivity (Wildman–Crippen MR) is 109 cm³/mol. The van der Waals surface area contributed by atoms with E-state index in [4.69, 9.17) is 20.8 Å². The molecule has 3 heterocycles. The van der Waals surface area contributed by atoms with Crippen molar-refractivity contribution in [2.75, 3.05) is 19.6 Å². The van der Waals surface area contributed by atoms with Gasteiger partial charge >= 0.3 is 0 Å². The lowest BCUT2D eigenvalue weighted by Gasteiger charge is -2.39. The quantitative estimate of drug-likeness (QED) is 0.810. The number of ether oxygens (including phenoxy) is 1. The van der Waals surface area contributed by atoms with Crippen LogP contribution in [0.5, 0.6) is 0 Å². The van der Waals surface area contributed by atoms with Gasteiger partial charge in [-0.15, -0.1) is 0 Å². The van der Waals surface area contributed by atoms with Gasteiger partial charge in [0.25, 0.3) is 5.91 Å². The van der Waals surface area contributed by atoms with Gasteiger partial charge in [-0.05, 0) is 43.4 Å². The lowest BCUT2D eigenvalue weighted by molar-refractivity contribution is -0.122. The van der Waals surface area contributed by atoms with Crippen LogP contribution >= 0.6 is 11.6 Å². The van der Waals surface area contributed by atoms with Crippen molar-refractivity contribution in [1.82, 2.24) is 10.2 Å². The number of piperidine rings is 1. The van der Waals surface area contributed by atoms with E-state index < -0.39 is 0 Å². The topological polar surface area (TPSA) is 71.8 Å². The molecule has 2 aliphatic rings. The van der Waals surface area contributed by atoms with Gasteiger partial charge in [-0.3, -0.25) is 9.59 Å². The summed E-state index contributed by atoms with van der Waals surface area (Å²) in [4.78, 5) is 26.5. The van der Waals surface area contributed by atoms with E-state index in [0.717, 1.165) is 31.2 Å². The number of nitrogens with one attached hydrogen (secondary N) is 1. The van der Waals surface area contributed by atoms with Crippen LogP contribution in [0.4, 0.5) is 0 Å². The highest BCUT2D eigenvalue weighted by atomic mass is 35.5. The van der Waals surface area contributed by atoms with Crippen molar-refractivity contribution >= 4 is 23.4 Å².